The molecule has 19 heavy (non-hydrogen) atoms. The Morgan fingerprint density at radius 3 is 1.21 bits per heavy atom. The van der Waals surface area contributed by atoms with Crippen molar-refractivity contribution in [2.24, 2.45) is 0 Å². The van der Waals surface area contributed by atoms with Gasteiger partial charge in [0.15, 0.2) is 0 Å². The van der Waals surface area contributed by atoms with E-state index in [9.17, 15) is 19.2 Å². The van der Waals surface area contributed by atoms with Crippen LogP contribution in [0.1, 0.15) is 23.4 Å². The lowest BCUT2D eigenvalue weighted by molar-refractivity contribution is -0.151. The second kappa shape index (κ2) is 5.21. The van der Waals surface area contributed by atoms with E-state index in [0.29, 0.717) is 0 Å². The molecule has 1 heterocycles. The number of carbonyl (C=O) groups is 4. The highest BCUT2D eigenvalue weighted by molar-refractivity contribution is 5.99. The highest BCUT2D eigenvalue weighted by Crippen LogP contribution is 2.25. The van der Waals surface area contributed by atoms with Crippen molar-refractivity contribution in [3.05, 3.63) is 23.7 Å². The van der Waals surface area contributed by atoms with Crippen LogP contribution >= 0.6 is 0 Å². The van der Waals surface area contributed by atoms with Gasteiger partial charge in [-0.3, -0.25) is 19.2 Å². The van der Waals surface area contributed by atoms with Gasteiger partial charge < -0.3 is 24.8 Å². The standard InChI is InChI=1S/C10H8O9/c11-7(12)5(8(13)14)3-1-2-4(19-3)6(9(15)16)10(17)18/h1-2,5-6H,(H,11,12)(H,13,14)(H,15,16)(H,17,18). The Morgan fingerprint density at radius 1 is 0.737 bits per heavy atom. The van der Waals surface area contributed by atoms with E-state index in [1.807, 2.05) is 0 Å². The lowest BCUT2D eigenvalue weighted by atomic mass is 10.1. The Bertz CT molecular complexity index is 466. The third-order valence-corrected chi connectivity index (χ3v) is 2.20. The summed E-state index contributed by atoms with van der Waals surface area (Å²) in [6.45, 7) is 0. The van der Waals surface area contributed by atoms with Gasteiger partial charge in [0.2, 0.25) is 11.8 Å². The molecule has 9 heteroatoms. The minimum absolute atomic E-state index is 0.553. The van der Waals surface area contributed by atoms with Crippen molar-refractivity contribution in [1.82, 2.24) is 0 Å². The van der Waals surface area contributed by atoms with Crippen molar-refractivity contribution in [3.63, 3.8) is 0 Å². The summed E-state index contributed by atoms with van der Waals surface area (Å²) in [6, 6.07) is 1.84. The van der Waals surface area contributed by atoms with Gasteiger partial charge in [-0.2, -0.15) is 0 Å². The monoisotopic (exact) mass is 272 g/mol. The fourth-order valence-corrected chi connectivity index (χ4v) is 1.38. The van der Waals surface area contributed by atoms with Crippen LogP contribution < -0.4 is 0 Å². The second-order valence-corrected chi connectivity index (χ2v) is 3.46. The molecule has 0 amide bonds. The van der Waals surface area contributed by atoms with E-state index in [0.717, 1.165) is 12.1 Å². The zero-order valence-electron chi connectivity index (χ0n) is 9.14. The Morgan fingerprint density at radius 2 is 1.00 bits per heavy atom. The molecule has 4 N–H and O–H groups in total. The summed E-state index contributed by atoms with van der Waals surface area (Å²) >= 11 is 0. The molecule has 0 saturated carbocycles. The summed E-state index contributed by atoms with van der Waals surface area (Å²) in [5, 5.41) is 34.8. The van der Waals surface area contributed by atoms with Gasteiger partial charge in [0.05, 0.1) is 0 Å². The molecule has 0 spiro atoms. The Hall–Kier alpha value is -2.84. The molecule has 1 rings (SSSR count). The average molecular weight is 272 g/mol. The van der Waals surface area contributed by atoms with E-state index in [1.165, 1.54) is 0 Å². The van der Waals surface area contributed by atoms with Crippen LogP contribution in [0.2, 0.25) is 0 Å². The SMILES string of the molecule is O=C(O)C(C(=O)O)c1ccc(C(C(=O)O)C(=O)O)o1. The van der Waals surface area contributed by atoms with E-state index in [-0.39, 0.29) is 0 Å². The van der Waals surface area contributed by atoms with Crippen LogP contribution in [0.3, 0.4) is 0 Å². The van der Waals surface area contributed by atoms with Crippen LogP contribution in [0.5, 0.6) is 0 Å². The molecule has 0 aliphatic rings. The molecule has 0 saturated heterocycles. The lowest BCUT2D eigenvalue weighted by Crippen LogP contribution is -2.21. The molecular weight excluding hydrogens is 264 g/mol. The molecule has 1 aromatic rings. The third kappa shape index (κ3) is 2.89. The minimum atomic E-state index is -2.03. The molecular formula is C10H8O9. The molecule has 0 aromatic carbocycles. The van der Waals surface area contributed by atoms with Crippen LogP contribution in [0.25, 0.3) is 0 Å². The first-order valence-electron chi connectivity index (χ1n) is 4.76. The molecule has 0 aliphatic carbocycles. The maximum absolute atomic E-state index is 10.7. The first-order valence-corrected chi connectivity index (χ1v) is 4.76. The van der Waals surface area contributed by atoms with Gasteiger partial charge in [-0.15, -0.1) is 0 Å². The summed E-state index contributed by atoms with van der Waals surface area (Å²) in [4.78, 5) is 42.9. The first-order chi connectivity index (χ1) is 8.75. The van der Waals surface area contributed by atoms with Crippen molar-refractivity contribution in [3.8, 4) is 0 Å². The third-order valence-electron chi connectivity index (χ3n) is 2.20. The second-order valence-electron chi connectivity index (χ2n) is 3.46. The molecule has 9 nitrogen and oxygen atoms in total. The number of carboxylic acid groups (broad SMARTS) is 4. The molecule has 0 unspecified atom stereocenters. The fourth-order valence-electron chi connectivity index (χ4n) is 1.38. The predicted octanol–water partition coefficient (Wildman–Crippen LogP) is -0.215. The van der Waals surface area contributed by atoms with Gasteiger partial charge in [0, 0.05) is 0 Å². The number of furan rings is 1. The van der Waals surface area contributed by atoms with Crippen LogP contribution in [-0.4, -0.2) is 44.3 Å². The van der Waals surface area contributed by atoms with Gasteiger partial charge in [0.1, 0.15) is 11.5 Å². The summed E-state index contributed by atoms with van der Waals surface area (Å²) in [5.41, 5.74) is 0. The highest BCUT2D eigenvalue weighted by atomic mass is 16.4. The van der Waals surface area contributed by atoms with E-state index >= 15 is 0 Å². The van der Waals surface area contributed by atoms with Gasteiger partial charge in [-0.1, -0.05) is 0 Å². The predicted molar refractivity (Wildman–Crippen MR) is 54.7 cm³/mol. The number of hydrogen-bond acceptors (Lipinski definition) is 5. The molecule has 0 bridgehead atoms. The fraction of sp³-hybridized carbons (Fsp3) is 0.200. The lowest BCUT2D eigenvalue weighted by Gasteiger charge is -2.05. The summed E-state index contributed by atoms with van der Waals surface area (Å²) in [5.74, 6) is -12.0. The Balaban J connectivity index is 3.18. The Kier molecular flexibility index (Phi) is 3.90. The number of aliphatic carboxylic acids is 4. The number of hydrogen-bond donors (Lipinski definition) is 4. The smallest absolute Gasteiger partial charge is 0.325 e. The van der Waals surface area contributed by atoms with Gasteiger partial charge >= 0.3 is 23.9 Å². The van der Waals surface area contributed by atoms with Crippen LogP contribution in [0, 0.1) is 0 Å². The maximum Gasteiger partial charge on any atom is 0.325 e. The minimum Gasteiger partial charge on any atom is -0.480 e. The zero-order chi connectivity index (χ0) is 14.7. The van der Waals surface area contributed by atoms with Crippen molar-refractivity contribution < 1.29 is 44.0 Å². The van der Waals surface area contributed by atoms with Crippen molar-refractivity contribution in [2.45, 2.75) is 11.8 Å². The van der Waals surface area contributed by atoms with Gasteiger partial charge in [-0.05, 0) is 12.1 Å². The van der Waals surface area contributed by atoms with Gasteiger partial charge in [-0.25, -0.2) is 0 Å². The van der Waals surface area contributed by atoms with E-state index < -0.39 is 47.2 Å². The number of rotatable bonds is 6. The summed E-state index contributed by atoms with van der Waals surface area (Å²) in [7, 11) is 0. The Labute approximate surface area is 104 Å². The molecule has 0 fully saturated rings. The largest absolute Gasteiger partial charge is 0.480 e. The van der Waals surface area contributed by atoms with Crippen molar-refractivity contribution >= 4 is 23.9 Å². The maximum atomic E-state index is 10.7. The molecule has 0 atom stereocenters. The normalized spacial score (nSPS) is 10.6. The summed E-state index contributed by atoms with van der Waals surface area (Å²) in [6.07, 6.45) is 0. The van der Waals surface area contributed by atoms with Gasteiger partial charge in [0.25, 0.3) is 0 Å². The van der Waals surface area contributed by atoms with E-state index in [4.69, 9.17) is 24.8 Å². The van der Waals surface area contributed by atoms with Crippen LogP contribution in [0.4, 0.5) is 0 Å². The zero-order valence-corrected chi connectivity index (χ0v) is 9.14. The van der Waals surface area contributed by atoms with E-state index in [2.05, 4.69) is 0 Å². The van der Waals surface area contributed by atoms with Crippen LogP contribution in [0.15, 0.2) is 16.5 Å². The quantitative estimate of drug-likeness (QED) is 0.513. The number of carboxylic acids is 4. The van der Waals surface area contributed by atoms with Crippen LogP contribution in [-0.2, 0) is 19.2 Å². The van der Waals surface area contributed by atoms with E-state index in [1.54, 1.807) is 0 Å². The highest BCUT2D eigenvalue weighted by Gasteiger charge is 2.35. The molecule has 0 radical (unpaired) electrons. The average Bonchev–Trinajstić information content (AvgIpc) is 2.64. The summed E-state index contributed by atoms with van der Waals surface area (Å²) < 4.78 is 4.73. The van der Waals surface area contributed by atoms with Crippen molar-refractivity contribution in [1.29, 1.82) is 0 Å². The van der Waals surface area contributed by atoms with Crippen molar-refractivity contribution in [2.75, 3.05) is 0 Å². The molecule has 102 valence electrons. The molecule has 0 aliphatic heterocycles. The topological polar surface area (TPSA) is 162 Å². The first kappa shape index (κ1) is 14.2. The molecule has 1 aromatic heterocycles.